The highest BCUT2D eigenvalue weighted by atomic mass is 32.2. The van der Waals surface area contributed by atoms with Gasteiger partial charge in [-0.05, 0) is 12.3 Å². The maximum Gasteiger partial charge on any atom is 0.186 e. The standard InChI is InChI=1S/C9H18O2S/c1-7(2)9(5-6-11-4)12-8(3)10/h7,9H,5-6H2,1-4H3/t9-/m1/s1. The maximum atomic E-state index is 10.8. The van der Waals surface area contributed by atoms with E-state index in [1.807, 2.05) is 0 Å². The number of hydrogen-bond acceptors (Lipinski definition) is 3. The van der Waals surface area contributed by atoms with Crippen molar-refractivity contribution in [1.82, 2.24) is 0 Å². The summed E-state index contributed by atoms with van der Waals surface area (Å²) in [5, 5.41) is 0.604. The minimum Gasteiger partial charge on any atom is -0.385 e. The van der Waals surface area contributed by atoms with Crippen molar-refractivity contribution in [2.75, 3.05) is 13.7 Å². The Morgan fingerprint density at radius 2 is 2.08 bits per heavy atom. The molecule has 0 radical (unpaired) electrons. The zero-order valence-corrected chi connectivity index (χ0v) is 9.11. The summed E-state index contributed by atoms with van der Waals surface area (Å²) >= 11 is 1.43. The van der Waals surface area contributed by atoms with Crippen molar-refractivity contribution in [3.8, 4) is 0 Å². The molecule has 0 aliphatic carbocycles. The summed E-state index contributed by atoms with van der Waals surface area (Å²) in [4.78, 5) is 10.8. The quantitative estimate of drug-likeness (QED) is 0.665. The molecule has 0 bridgehead atoms. The lowest BCUT2D eigenvalue weighted by atomic mass is 10.1. The molecular formula is C9H18O2S. The van der Waals surface area contributed by atoms with Crippen molar-refractivity contribution in [2.45, 2.75) is 32.4 Å². The number of thioether (sulfide) groups is 1. The molecule has 0 aromatic carbocycles. The van der Waals surface area contributed by atoms with E-state index in [1.54, 1.807) is 14.0 Å². The van der Waals surface area contributed by atoms with Crippen molar-refractivity contribution in [2.24, 2.45) is 5.92 Å². The molecule has 0 unspecified atom stereocenters. The molecule has 2 nitrogen and oxygen atoms in total. The lowest BCUT2D eigenvalue weighted by molar-refractivity contribution is -0.109. The normalized spacial score (nSPS) is 13.4. The number of carbonyl (C=O) groups is 1. The van der Waals surface area contributed by atoms with E-state index in [1.165, 1.54) is 11.8 Å². The van der Waals surface area contributed by atoms with E-state index in [0.29, 0.717) is 11.2 Å². The van der Waals surface area contributed by atoms with Crippen molar-refractivity contribution in [3.05, 3.63) is 0 Å². The fourth-order valence-corrected chi connectivity index (χ4v) is 1.89. The Kier molecular flexibility index (Phi) is 6.48. The summed E-state index contributed by atoms with van der Waals surface area (Å²) in [5.74, 6) is 0.536. The van der Waals surface area contributed by atoms with Crippen LogP contribution in [-0.2, 0) is 9.53 Å². The molecule has 0 amide bonds. The zero-order valence-electron chi connectivity index (χ0n) is 8.29. The Morgan fingerprint density at radius 1 is 1.50 bits per heavy atom. The summed E-state index contributed by atoms with van der Waals surface area (Å²) in [5.41, 5.74) is 0. The molecule has 0 aromatic rings. The third kappa shape index (κ3) is 5.61. The molecule has 0 aliphatic heterocycles. The predicted molar refractivity (Wildman–Crippen MR) is 53.4 cm³/mol. The molecule has 0 saturated heterocycles. The lowest BCUT2D eigenvalue weighted by Crippen LogP contribution is -2.15. The van der Waals surface area contributed by atoms with Crippen LogP contribution < -0.4 is 0 Å². The number of carbonyl (C=O) groups excluding carboxylic acids is 1. The van der Waals surface area contributed by atoms with Crippen molar-refractivity contribution in [1.29, 1.82) is 0 Å². The topological polar surface area (TPSA) is 26.3 Å². The third-order valence-electron chi connectivity index (χ3n) is 1.67. The van der Waals surface area contributed by atoms with Gasteiger partial charge in [0, 0.05) is 25.9 Å². The molecule has 0 heterocycles. The Labute approximate surface area is 79.1 Å². The van der Waals surface area contributed by atoms with Gasteiger partial charge in [0.25, 0.3) is 0 Å². The van der Waals surface area contributed by atoms with Crippen LogP contribution in [0.4, 0.5) is 0 Å². The second-order valence-corrected chi connectivity index (χ2v) is 4.59. The third-order valence-corrected chi connectivity index (χ3v) is 3.08. The van der Waals surface area contributed by atoms with Gasteiger partial charge in [-0.2, -0.15) is 0 Å². The average molecular weight is 190 g/mol. The summed E-state index contributed by atoms with van der Waals surface area (Å²) in [6.07, 6.45) is 0.957. The van der Waals surface area contributed by atoms with E-state index in [9.17, 15) is 4.79 Å². The SMILES string of the molecule is COCC[C@@H](SC(C)=O)C(C)C. The second kappa shape index (κ2) is 6.49. The van der Waals surface area contributed by atoms with E-state index < -0.39 is 0 Å². The number of methoxy groups -OCH3 is 1. The largest absolute Gasteiger partial charge is 0.385 e. The first-order chi connectivity index (χ1) is 5.57. The molecule has 1 atom stereocenters. The van der Waals surface area contributed by atoms with E-state index >= 15 is 0 Å². The highest BCUT2D eigenvalue weighted by molar-refractivity contribution is 8.14. The fraction of sp³-hybridized carbons (Fsp3) is 0.889. The van der Waals surface area contributed by atoms with Crippen LogP contribution in [0.15, 0.2) is 0 Å². The minimum atomic E-state index is 0.199. The second-order valence-electron chi connectivity index (χ2n) is 3.17. The highest BCUT2D eigenvalue weighted by Gasteiger charge is 2.15. The summed E-state index contributed by atoms with van der Waals surface area (Å²) < 4.78 is 4.98. The molecular weight excluding hydrogens is 172 g/mol. The van der Waals surface area contributed by atoms with E-state index in [-0.39, 0.29) is 5.12 Å². The van der Waals surface area contributed by atoms with Gasteiger partial charge in [-0.3, -0.25) is 4.79 Å². The highest BCUT2D eigenvalue weighted by Crippen LogP contribution is 2.23. The van der Waals surface area contributed by atoms with Gasteiger partial charge < -0.3 is 4.74 Å². The van der Waals surface area contributed by atoms with Crippen LogP contribution in [0, 0.1) is 5.92 Å². The Hall–Kier alpha value is -0.0200. The van der Waals surface area contributed by atoms with E-state index in [4.69, 9.17) is 4.74 Å². The van der Waals surface area contributed by atoms with Crippen LogP contribution in [0.2, 0.25) is 0 Å². The van der Waals surface area contributed by atoms with Gasteiger partial charge in [0.1, 0.15) is 0 Å². The van der Waals surface area contributed by atoms with Crippen molar-refractivity contribution in [3.63, 3.8) is 0 Å². The molecule has 0 aliphatic rings. The first kappa shape index (κ1) is 12.0. The monoisotopic (exact) mass is 190 g/mol. The predicted octanol–water partition coefficient (Wildman–Crippen LogP) is 2.33. The smallest absolute Gasteiger partial charge is 0.186 e. The van der Waals surface area contributed by atoms with Gasteiger partial charge in [-0.25, -0.2) is 0 Å². The molecule has 12 heavy (non-hydrogen) atoms. The number of hydrogen-bond donors (Lipinski definition) is 0. The summed E-state index contributed by atoms with van der Waals surface area (Å²) in [6, 6.07) is 0. The van der Waals surface area contributed by atoms with Crippen LogP contribution in [0.1, 0.15) is 27.2 Å². The molecule has 0 saturated carbocycles. The molecule has 0 spiro atoms. The van der Waals surface area contributed by atoms with Gasteiger partial charge >= 0.3 is 0 Å². The number of ether oxygens (including phenoxy) is 1. The van der Waals surface area contributed by atoms with Crippen LogP contribution in [0.5, 0.6) is 0 Å². The average Bonchev–Trinajstić information content (AvgIpc) is 1.96. The van der Waals surface area contributed by atoms with E-state index in [2.05, 4.69) is 13.8 Å². The van der Waals surface area contributed by atoms with Crippen LogP contribution in [0.3, 0.4) is 0 Å². The van der Waals surface area contributed by atoms with Gasteiger partial charge in [0.05, 0.1) is 0 Å². The van der Waals surface area contributed by atoms with Crippen molar-refractivity contribution >= 4 is 16.9 Å². The fourth-order valence-electron chi connectivity index (χ4n) is 0.976. The van der Waals surface area contributed by atoms with Crippen LogP contribution in [-0.4, -0.2) is 24.1 Å². The van der Waals surface area contributed by atoms with Crippen LogP contribution in [0.25, 0.3) is 0 Å². The molecule has 3 heteroatoms. The van der Waals surface area contributed by atoms with Gasteiger partial charge in [-0.15, -0.1) is 0 Å². The molecule has 0 fully saturated rings. The maximum absolute atomic E-state index is 10.8. The number of rotatable bonds is 5. The molecule has 72 valence electrons. The summed E-state index contributed by atoms with van der Waals surface area (Å²) in [6.45, 7) is 6.63. The molecule has 0 rings (SSSR count). The lowest BCUT2D eigenvalue weighted by Gasteiger charge is -2.17. The zero-order chi connectivity index (χ0) is 9.56. The minimum absolute atomic E-state index is 0.199. The first-order valence-corrected chi connectivity index (χ1v) is 5.12. The molecule has 0 N–H and O–H groups in total. The van der Waals surface area contributed by atoms with Crippen LogP contribution >= 0.6 is 11.8 Å². The first-order valence-electron chi connectivity index (χ1n) is 4.24. The van der Waals surface area contributed by atoms with Gasteiger partial charge in [0.2, 0.25) is 0 Å². The summed E-state index contributed by atoms with van der Waals surface area (Å²) in [7, 11) is 1.69. The van der Waals surface area contributed by atoms with Gasteiger partial charge in [-0.1, -0.05) is 25.6 Å². The van der Waals surface area contributed by atoms with E-state index in [0.717, 1.165) is 13.0 Å². The Balaban J connectivity index is 3.78. The van der Waals surface area contributed by atoms with Gasteiger partial charge in [0.15, 0.2) is 5.12 Å². The van der Waals surface area contributed by atoms with Crippen molar-refractivity contribution < 1.29 is 9.53 Å². The molecule has 0 aromatic heterocycles. The Bertz CT molecular complexity index is 134. The Morgan fingerprint density at radius 3 is 2.42 bits per heavy atom.